The molecule has 0 unspecified atom stereocenters. The van der Waals surface area contributed by atoms with Gasteiger partial charge in [-0.25, -0.2) is 0 Å². The van der Waals surface area contributed by atoms with Crippen molar-refractivity contribution in [3.63, 3.8) is 0 Å². The molecule has 0 heterocycles. The van der Waals surface area contributed by atoms with E-state index in [0.717, 1.165) is 17.8 Å². The van der Waals surface area contributed by atoms with E-state index in [1.165, 1.54) is 96.3 Å². The molecule has 6 aliphatic rings. The SMILES string of the molecule is OC(C12CCC(CC1)C2)(C12CCC(CC1)C2)C12CCC(CC1)C2. The minimum Gasteiger partial charge on any atom is -0.388 e. The van der Waals surface area contributed by atoms with Crippen LogP contribution in [0.2, 0.25) is 0 Å². The molecule has 6 bridgehead atoms. The maximum atomic E-state index is 12.9. The van der Waals surface area contributed by atoms with Gasteiger partial charge in [0, 0.05) is 16.2 Å². The van der Waals surface area contributed by atoms with Crippen LogP contribution in [-0.2, 0) is 0 Å². The highest BCUT2D eigenvalue weighted by Gasteiger charge is 2.75. The van der Waals surface area contributed by atoms with Crippen molar-refractivity contribution in [3.05, 3.63) is 0 Å². The summed E-state index contributed by atoms with van der Waals surface area (Å²) in [6, 6.07) is 0. The lowest BCUT2D eigenvalue weighted by Gasteiger charge is -2.62. The first kappa shape index (κ1) is 14.2. The molecule has 0 aliphatic heterocycles. The number of hydrogen-bond acceptors (Lipinski definition) is 1. The van der Waals surface area contributed by atoms with Gasteiger partial charge in [-0.1, -0.05) is 0 Å². The van der Waals surface area contributed by atoms with Crippen molar-refractivity contribution in [1.29, 1.82) is 0 Å². The van der Waals surface area contributed by atoms with E-state index in [9.17, 15) is 5.11 Å². The molecule has 0 saturated heterocycles. The molecule has 0 aromatic heterocycles. The van der Waals surface area contributed by atoms with Gasteiger partial charge in [-0.05, 0) is 114 Å². The average molecular weight is 315 g/mol. The van der Waals surface area contributed by atoms with E-state index in [0.29, 0.717) is 16.2 Å². The van der Waals surface area contributed by atoms with Crippen LogP contribution in [0.4, 0.5) is 0 Å². The molecule has 0 aromatic carbocycles. The second-order valence-electron chi connectivity index (χ2n) is 11.0. The summed E-state index contributed by atoms with van der Waals surface area (Å²) >= 11 is 0. The third-order valence-corrected chi connectivity index (χ3v) is 10.5. The van der Waals surface area contributed by atoms with Crippen LogP contribution in [0.3, 0.4) is 0 Å². The summed E-state index contributed by atoms with van der Waals surface area (Å²) < 4.78 is 0. The fourth-order valence-corrected chi connectivity index (χ4v) is 9.79. The summed E-state index contributed by atoms with van der Waals surface area (Å²) in [5.41, 5.74) is 0.692. The third-order valence-electron chi connectivity index (χ3n) is 10.5. The topological polar surface area (TPSA) is 20.2 Å². The largest absolute Gasteiger partial charge is 0.388 e. The standard InChI is InChI=1S/C22H34O/c23-22(19-7-1-16(13-19)2-8-19,20-9-3-17(14-20)4-10-20)21-11-5-18(15-21)6-12-21/h16-18,23H,1-15H2. The third kappa shape index (κ3) is 1.44. The van der Waals surface area contributed by atoms with Gasteiger partial charge in [-0.2, -0.15) is 0 Å². The molecule has 0 aromatic rings. The van der Waals surface area contributed by atoms with Gasteiger partial charge in [-0.3, -0.25) is 0 Å². The van der Waals surface area contributed by atoms with Gasteiger partial charge in [0.15, 0.2) is 0 Å². The second-order valence-corrected chi connectivity index (χ2v) is 11.0. The summed E-state index contributed by atoms with van der Waals surface area (Å²) in [5, 5.41) is 12.9. The van der Waals surface area contributed by atoms with Crippen LogP contribution in [-0.4, -0.2) is 10.7 Å². The van der Waals surface area contributed by atoms with Crippen LogP contribution in [0.1, 0.15) is 96.3 Å². The van der Waals surface area contributed by atoms with Gasteiger partial charge in [-0.15, -0.1) is 0 Å². The van der Waals surface area contributed by atoms with Gasteiger partial charge >= 0.3 is 0 Å². The second kappa shape index (κ2) is 4.19. The van der Waals surface area contributed by atoms with E-state index in [4.69, 9.17) is 0 Å². The van der Waals surface area contributed by atoms with Gasteiger partial charge in [0.2, 0.25) is 0 Å². The predicted molar refractivity (Wildman–Crippen MR) is 92.0 cm³/mol. The van der Waals surface area contributed by atoms with Crippen molar-refractivity contribution in [2.45, 2.75) is 102 Å². The molecular formula is C22H34O. The molecule has 0 spiro atoms. The molecule has 6 aliphatic carbocycles. The Morgan fingerprint density at radius 3 is 0.957 bits per heavy atom. The highest BCUT2D eigenvalue weighted by atomic mass is 16.3. The molecule has 0 atom stereocenters. The lowest BCUT2D eigenvalue weighted by Crippen LogP contribution is -2.66. The Balaban J connectivity index is 1.53. The summed E-state index contributed by atoms with van der Waals surface area (Å²) in [7, 11) is 0. The molecule has 6 fully saturated rings. The summed E-state index contributed by atoms with van der Waals surface area (Å²) in [6.45, 7) is 0. The van der Waals surface area contributed by atoms with E-state index in [-0.39, 0.29) is 5.60 Å². The van der Waals surface area contributed by atoms with Gasteiger partial charge < -0.3 is 5.11 Å². The Hall–Kier alpha value is -0.0400. The number of aliphatic hydroxyl groups is 1. The molecule has 1 heteroatoms. The molecule has 1 N–H and O–H groups in total. The minimum absolute atomic E-state index is 0.297. The predicted octanol–water partition coefficient (Wildman–Crippen LogP) is 5.46. The molecule has 6 rings (SSSR count). The zero-order valence-electron chi connectivity index (χ0n) is 14.8. The molecular weight excluding hydrogens is 280 g/mol. The Labute approximate surface area is 141 Å². The highest BCUT2D eigenvalue weighted by molar-refractivity contribution is 5.25. The van der Waals surface area contributed by atoms with Crippen molar-refractivity contribution >= 4 is 0 Å². The zero-order chi connectivity index (χ0) is 15.3. The van der Waals surface area contributed by atoms with E-state index in [2.05, 4.69) is 0 Å². The van der Waals surface area contributed by atoms with E-state index in [1.54, 1.807) is 0 Å². The van der Waals surface area contributed by atoms with Crippen LogP contribution < -0.4 is 0 Å². The summed E-state index contributed by atoms with van der Waals surface area (Å²) in [4.78, 5) is 0. The molecule has 23 heavy (non-hydrogen) atoms. The lowest BCUT2D eigenvalue weighted by atomic mass is 9.45. The molecule has 1 nitrogen and oxygen atoms in total. The Bertz CT molecular complexity index is 436. The Morgan fingerprint density at radius 2 is 0.783 bits per heavy atom. The lowest BCUT2D eigenvalue weighted by molar-refractivity contribution is -0.243. The van der Waals surface area contributed by atoms with E-state index < -0.39 is 0 Å². The summed E-state index contributed by atoms with van der Waals surface area (Å²) in [6.07, 6.45) is 21.0. The number of hydrogen-bond donors (Lipinski definition) is 1. The zero-order valence-corrected chi connectivity index (χ0v) is 14.8. The Morgan fingerprint density at radius 1 is 0.522 bits per heavy atom. The maximum absolute atomic E-state index is 12.9. The van der Waals surface area contributed by atoms with Crippen molar-refractivity contribution in [1.82, 2.24) is 0 Å². The van der Waals surface area contributed by atoms with Gasteiger partial charge in [0.25, 0.3) is 0 Å². The molecule has 0 radical (unpaired) electrons. The van der Waals surface area contributed by atoms with Crippen LogP contribution in [0.25, 0.3) is 0 Å². The average Bonchev–Trinajstić information content (AvgIpc) is 3.43. The first-order valence-electron chi connectivity index (χ1n) is 10.8. The van der Waals surface area contributed by atoms with Crippen molar-refractivity contribution < 1.29 is 5.11 Å². The van der Waals surface area contributed by atoms with Crippen molar-refractivity contribution in [3.8, 4) is 0 Å². The Kier molecular flexibility index (Phi) is 2.58. The minimum atomic E-state index is -0.297. The van der Waals surface area contributed by atoms with Gasteiger partial charge in [0.05, 0.1) is 5.60 Å². The van der Waals surface area contributed by atoms with E-state index in [1.807, 2.05) is 0 Å². The summed E-state index contributed by atoms with van der Waals surface area (Å²) in [5.74, 6) is 2.89. The fraction of sp³-hybridized carbons (Fsp3) is 1.00. The smallest absolute Gasteiger partial charge is 0.0815 e. The maximum Gasteiger partial charge on any atom is 0.0815 e. The number of fused-ring (bicyclic) bond motifs is 6. The first-order valence-corrected chi connectivity index (χ1v) is 10.8. The first-order chi connectivity index (χ1) is 11.1. The van der Waals surface area contributed by atoms with E-state index >= 15 is 0 Å². The van der Waals surface area contributed by atoms with Crippen molar-refractivity contribution in [2.24, 2.45) is 34.0 Å². The monoisotopic (exact) mass is 314 g/mol. The van der Waals surface area contributed by atoms with Crippen LogP contribution in [0, 0.1) is 34.0 Å². The number of rotatable bonds is 3. The van der Waals surface area contributed by atoms with Crippen LogP contribution in [0.5, 0.6) is 0 Å². The van der Waals surface area contributed by atoms with Gasteiger partial charge in [0.1, 0.15) is 0 Å². The molecule has 128 valence electrons. The molecule has 6 saturated carbocycles. The van der Waals surface area contributed by atoms with Crippen molar-refractivity contribution in [2.75, 3.05) is 0 Å². The van der Waals surface area contributed by atoms with Crippen LogP contribution in [0.15, 0.2) is 0 Å². The fourth-order valence-electron chi connectivity index (χ4n) is 9.79. The normalized spacial score (nSPS) is 59.1. The highest BCUT2D eigenvalue weighted by Crippen LogP contribution is 2.78. The van der Waals surface area contributed by atoms with Crippen LogP contribution >= 0.6 is 0 Å². The quantitative estimate of drug-likeness (QED) is 0.733. The molecule has 0 amide bonds.